The zero-order valence-corrected chi connectivity index (χ0v) is 34.3. The number of phenolic OH excluding ortho intramolecular Hbond substituents is 1. The summed E-state index contributed by atoms with van der Waals surface area (Å²) in [4.78, 5) is 115. The maximum absolute atomic E-state index is 13.8. The first-order valence-electron chi connectivity index (χ1n) is 19.7. The molecule has 0 unspecified atom stereocenters. The number of rotatable bonds is 28. The average Bonchev–Trinajstić information content (AvgIpc) is 3.22. The van der Waals surface area contributed by atoms with Crippen molar-refractivity contribution in [3.05, 3.63) is 75.8 Å². The molecule has 7 amide bonds. The molecule has 0 aromatic heterocycles. The summed E-state index contributed by atoms with van der Waals surface area (Å²) in [5, 5.41) is 53.6. The zero-order valence-electron chi connectivity index (χ0n) is 34.3. The van der Waals surface area contributed by atoms with Gasteiger partial charge in [-0.3, -0.25) is 33.6 Å². The van der Waals surface area contributed by atoms with Crippen molar-refractivity contribution in [3.63, 3.8) is 0 Å². The van der Waals surface area contributed by atoms with Crippen molar-refractivity contribution < 1.29 is 58.7 Å². The molecule has 0 bridgehead atoms. The van der Waals surface area contributed by atoms with Crippen molar-refractivity contribution in [2.45, 2.75) is 95.0 Å². The molecular formula is C39H56N10O13. The van der Waals surface area contributed by atoms with Crippen LogP contribution in [0.15, 0.2) is 54.6 Å². The number of nitrogens with zero attached hydrogens (tertiary/aromatic N) is 1. The van der Waals surface area contributed by atoms with Crippen molar-refractivity contribution in [2.75, 3.05) is 19.7 Å². The van der Waals surface area contributed by atoms with Gasteiger partial charge in [-0.2, -0.15) is 0 Å². The van der Waals surface area contributed by atoms with Gasteiger partial charge in [-0.15, -0.1) is 5.43 Å². The molecule has 0 aliphatic rings. The van der Waals surface area contributed by atoms with Crippen LogP contribution in [0.5, 0.6) is 5.75 Å². The van der Waals surface area contributed by atoms with Crippen LogP contribution in [0.4, 0.5) is 0 Å². The topological polar surface area (TPSA) is 377 Å². The van der Waals surface area contributed by atoms with E-state index >= 15 is 0 Å². The molecule has 6 atom stereocenters. The summed E-state index contributed by atoms with van der Waals surface area (Å²) < 4.78 is 0. The Kier molecular flexibility index (Phi) is 21.8. The molecule has 14 N–H and O–H groups in total. The minimum absolute atomic E-state index is 0.0639. The molecule has 62 heavy (non-hydrogen) atoms. The SMILES string of the molecule is CC(C)[C@H](NC(=O)[C@H](CO)NC(=O)CNC(=O)[C@H](Cc1ccc(O)cc1)N[N+](=O)[O-])C(=O)N[C@@H](CCC(N)=O)C(=O)N[C@@H](Cc1ccccc1)C(=O)N[C@@H](CCCCN)C(=O)O. The summed E-state index contributed by atoms with van der Waals surface area (Å²) in [5.74, 6) is -8.63. The van der Waals surface area contributed by atoms with Crippen LogP contribution in [0.2, 0.25) is 0 Å². The lowest BCUT2D eigenvalue weighted by Gasteiger charge is -2.28. The van der Waals surface area contributed by atoms with Crippen molar-refractivity contribution >= 4 is 47.3 Å². The van der Waals surface area contributed by atoms with Crippen LogP contribution < -0.4 is 48.8 Å². The van der Waals surface area contributed by atoms with Crippen molar-refractivity contribution in [3.8, 4) is 5.75 Å². The second-order valence-corrected chi connectivity index (χ2v) is 14.6. The number of carbonyl (C=O) groups excluding carboxylic acids is 7. The number of hydrogen-bond donors (Lipinski definition) is 12. The molecule has 0 spiro atoms. The second kappa shape index (κ2) is 26.4. The number of phenols is 1. The summed E-state index contributed by atoms with van der Waals surface area (Å²) in [6.07, 6.45) is -0.0714. The number of hydrazine groups is 1. The van der Waals surface area contributed by atoms with Gasteiger partial charge in [-0.25, -0.2) is 14.9 Å². The molecule has 0 fully saturated rings. The van der Waals surface area contributed by atoms with Gasteiger partial charge >= 0.3 is 5.97 Å². The van der Waals surface area contributed by atoms with Gasteiger partial charge in [0.15, 0.2) is 11.1 Å². The van der Waals surface area contributed by atoms with Gasteiger partial charge < -0.3 is 58.7 Å². The molecule has 23 nitrogen and oxygen atoms in total. The van der Waals surface area contributed by atoms with E-state index in [4.69, 9.17) is 11.5 Å². The van der Waals surface area contributed by atoms with E-state index in [1.165, 1.54) is 38.1 Å². The molecule has 340 valence electrons. The number of carboxylic acid groups (broad SMARTS) is 1. The highest BCUT2D eigenvalue weighted by Gasteiger charge is 2.34. The van der Waals surface area contributed by atoms with E-state index in [-0.39, 0.29) is 31.4 Å². The standard InChI is InChI=1S/C39H56N10O13/c1-22(2)33(47-37(57)30(21-50)43-32(53)20-42-34(54)29(48-49(61)62)19-24-11-13-25(51)14-12-24)38(58)44-26(15-16-31(41)52)35(55)46-28(18-23-8-4-3-5-9-23)36(56)45-27(39(59)60)10-6-7-17-40/h3-5,8-9,11-14,22,26-30,33,48,50-51H,6-7,10,15-21,40H2,1-2H3,(H2,41,52)(H,42,54)(H,43,53)(H,44,58)(H,45,56)(H,46,55)(H,47,57)(H,59,60)/t26-,27-,28-,29-,30-,33-/m0/s1. The van der Waals surface area contributed by atoms with Gasteiger partial charge in [0.05, 0.1) is 13.2 Å². The summed E-state index contributed by atoms with van der Waals surface area (Å²) in [6, 6.07) is 5.25. The third-order valence-electron chi connectivity index (χ3n) is 9.25. The van der Waals surface area contributed by atoms with Gasteiger partial charge in [-0.1, -0.05) is 56.3 Å². The lowest BCUT2D eigenvalue weighted by Crippen LogP contribution is -2.60. The van der Waals surface area contributed by atoms with Crippen LogP contribution in [-0.2, 0) is 51.2 Å². The molecular weight excluding hydrogens is 816 g/mol. The highest BCUT2D eigenvalue weighted by Crippen LogP contribution is 2.12. The molecule has 23 heteroatoms. The monoisotopic (exact) mass is 872 g/mol. The fraction of sp³-hybridized carbons (Fsp3) is 0.487. The number of amides is 7. The quantitative estimate of drug-likeness (QED) is 0.0230. The highest BCUT2D eigenvalue weighted by atomic mass is 16.7. The molecule has 0 aliphatic carbocycles. The maximum Gasteiger partial charge on any atom is 0.326 e. The van der Waals surface area contributed by atoms with E-state index in [9.17, 15) is 63.8 Å². The minimum Gasteiger partial charge on any atom is -0.508 e. The maximum atomic E-state index is 13.8. The van der Waals surface area contributed by atoms with Crippen LogP contribution in [0.1, 0.15) is 57.1 Å². The number of aliphatic hydroxyl groups is 1. The number of carboxylic acids is 1. The molecule has 0 aliphatic heterocycles. The van der Waals surface area contributed by atoms with E-state index in [1.807, 2.05) is 5.43 Å². The third kappa shape index (κ3) is 18.6. The first-order chi connectivity index (χ1) is 29.3. The Hall–Kier alpha value is -6.88. The largest absolute Gasteiger partial charge is 0.508 e. The molecule has 0 heterocycles. The van der Waals surface area contributed by atoms with E-state index < -0.39 is 114 Å². The summed E-state index contributed by atoms with van der Waals surface area (Å²) in [7, 11) is 0. The summed E-state index contributed by atoms with van der Waals surface area (Å²) in [6.45, 7) is 1.62. The minimum atomic E-state index is -1.67. The van der Waals surface area contributed by atoms with Crippen LogP contribution in [-0.4, -0.2) is 124 Å². The van der Waals surface area contributed by atoms with Crippen molar-refractivity contribution in [2.24, 2.45) is 17.4 Å². The first kappa shape index (κ1) is 51.3. The number of benzene rings is 2. The number of aliphatic hydroxyl groups excluding tert-OH is 1. The Labute approximate surface area is 356 Å². The predicted octanol–water partition coefficient (Wildman–Crippen LogP) is -3.01. The third-order valence-corrected chi connectivity index (χ3v) is 9.25. The number of aliphatic carboxylic acids is 1. The van der Waals surface area contributed by atoms with E-state index in [0.717, 1.165) is 0 Å². The lowest BCUT2D eigenvalue weighted by molar-refractivity contribution is -0.548. The number of carbonyl (C=O) groups is 8. The van der Waals surface area contributed by atoms with Gasteiger partial charge in [-0.05, 0) is 61.4 Å². The molecule has 2 aromatic carbocycles. The van der Waals surface area contributed by atoms with E-state index in [1.54, 1.807) is 30.3 Å². The molecule has 0 radical (unpaired) electrons. The normalized spacial score (nSPS) is 13.8. The molecule has 0 saturated carbocycles. The molecule has 0 saturated heterocycles. The number of hydrogen-bond acceptors (Lipinski definition) is 13. The highest BCUT2D eigenvalue weighted by molar-refractivity contribution is 5.97. The van der Waals surface area contributed by atoms with E-state index in [2.05, 4.69) is 31.9 Å². The number of nitrogens with two attached hydrogens (primary N) is 2. The Balaban J connectivity index is 2.19. The molecule has 2 aromatic rings. The Morgan fingerprint density at radius 2 is 1.26 bits per heavy atom. The van der Waals surface area contributed by atoms with Gasteiger partial charge in [0.1, 0.15) is 36.0 Å². The summed E-state index contributed by atoms with van der Waals surface area (Å²) >= 11 is 0. The van der Waals surface area contributed by atoms with Crippen LogP contribution in [0.3, 0.4) is 0 Å². The first-order valence-corrected chi connectivity index (χ1v) is 19.7. The summed E-state index contributed by atoms with van der Waals surface area (Å²) in [5.41, 5.74) is 13.7. The van der Waals surface area contributed by atoms with Crippen molar-refractivity contribution in [1.29, 1.82) is 0 Å². The predicted molar refractivity (Wildman–Crippen MR) is 219 cm³/mol. The Bertz CT molecular complexity index is 1850. The number of nitro groups is 1. The number of nitrogens with one attached hydrogen (secondary N) is 7. The second-order valence-electron chi connectivity index (χ2n) is 14.6. The fourth-order valence-electron chi connectivity index (χ4n) is 5.88. The zero-order chi connectivity index (χ0) is 46.4. The smallest absolute Gasteiger partial charge is 0.326 e. The number of aromatic hydroxyl groups is 1. The Morgan fingerprint density at radius 3 is 1.82 bits per heavy atom. The van der Waals surface area contributed by atoms with Crippen LogP contribution in [0, 0.1) is 16.0 Å². The van der Waals surface area contributed by atoms with Crippen molar-refractivity contribution in [1.82, 2.24) is 37.3 Å². The van der Waals surface area contributed by atoms with Gasteiger partial charge in [0.2, 0.25) is 41.4 Å². The Morgan fingerprint density at radius 1 is 0.694 bits per heavy atom. The lowest BCUT2D eigenvalue weighted by atomic mass is 10.0. The number of unbranched alkanes of at least 4 members (excludes halogenated alkanes) is 1. The average molecular weight is 873 g/mol. The van der Waals surface area contributed by atoms with Crippen LogP contribution >= 0.6 is 0 Å². The van der Waals surface area contributed by atoms with E-state index in [0.29, 0.717) is 30.5 Å². The van der Waals surface area contributed by atoms with Gasteiger partial charge in [0, 0.05) is 19.3 Å². The van der Waals surface area contributed by atoms with Gasteiger partial charge in [0.25, 0.3) is 0 Å². The number of primary amides is 1. The van der Waals surface area contributed by atoms with Crippen LogP contribution in [0.25, 0.3) is 0 Å². The molecule has 2 rings (SSSR count). The fourth-order valence-corrected chi connectivity index (χ4v) is 5.88.